The van der Waals surface area contributed by atoms with Crippen LogP contribution in [0.2, 0.25) is 0 Å². The van der Waals surface area contributed by atoms with Crippen LogP contribution in [0.25, 0.3) is 0 Å². The number of allylic oxidation sites excluding steroid dienone is 1. The quantitative estimate of drug-likeness (QED) is 0.722. The Labute approximate surface area is 104 Å². The molecule has 0 aliphatic rings. The standard InChI is InChI=1S/C14H15F3O/c1-10(2)6-7-13(18)9-11-4-3-5-12(8-11)14(15,16)17/h3-5,8H,1,6-7,9H2,2H3. The van der Waals surface area contributed by atoms with Gasteiger partial charge in [-0.3, -0.25) is 4.79 Å². The number of halogens is 3. The summed E-state index contributed by atoms with van der Waals surface area (Å²) in [5.74, 6) is -0.0719. The zero-order valence-electron chi connectivity index (χ0n) is 10.2. The minimum absolute atomic E-state index is 0.0389. The summed E-state index contributed by atoms with van der Waals surface area (Å²) in [6.07, 6.45) is -3.42. The number of carbonyl (C=O) groups excluding carboxylic acids is 1. The molecule has 0 radical (unpaired) electrons. The molecule has 0 bridgehead atoms. The number of hydrogen-bond acceptors (Lipinski definition) is 1. The van der Waals surface area contributed by atoms with Crippen LogP contribution in [0.15, 0.2) is 36.4 Å². The van der Waals surface area contributed by atoms with Crippen molar-refractivity contribution in [1.82, 2.24) is 0 Å². The lowest BCUT2D eigenvalue weighted by molar-refractivity contribution is -0.137. The Hall–Kier alpha value is -1.58. The van der Waals surface area contributed by atoms with Crippen molar-refractivity contribution in [3.63, 3.8) is 0 Å². The molecule has 98 valence electrons. The van der Waals surface area contributed by atoms with Crippen LogP contribution >= 0.6 is 0 Å². The van der Waals surface area contributed by atoms with Gasteiger partial charge in [0.2, 0.25) is 0 Å². The van der Waals surface area contributed by atoms with E-state index in [1.165, 1.54) is 12.1 Å². The summed E-state index contributed by atoms with van der Waals surface area (Å²) < 4.78 is 37.4. The van der Waals surface area contributed by atoms with Crippen LogP contribution in [0.5, 0.6) is 0 Å². The molecule has 1 aromatic carbocycles. The Kier molecular flexibility index (Phi) is 4.70. The summed E-state index contributed by atoms with van der Waals surface area (Å²) >= 11 is 0. The van der Waals surface area contributed by atoms with Crippen LogP contribution in [0.3, 0.4) is 0 Å². The van der Waals surface area contributed by atoms with Gasteiger partial charge in [0, 0.05) is 12.8 Å². The maximum absolute atomic E-state index is 12.5. The Bertz CT molecular complexity index is 447. The van der Waals surface area contributed by atoms with Crippen LogP contribution in [0.4, 0.5) is 13.2 Å². The topological polar surface area (TPSA) is 17.1 Å². The first-order valence-corrected chi connectivity index (χ1v) is 5.61. The Morgan fingerprint density at radius 1 is 1.28 bits per heavy atom. The van der Waals surface area contributed by atoms with Crippen molar-refractivity contribution in [2.45, 2.75) is 32.4 Å². The summed E-state index contributed by atoms with van der Waals surface area (Å²) in [6.45, 7) is 5.50. The highest BCUT2D eigenvalue weighted by Gasteiger charge is 2.30. The molecule has 0 saturated carbocycles. The van der Waals surface area contributed by atoms with Crippen LogP contribution in [0, 0.1) is 0 Å². The minimum atomic E-state index is -4.36. The van der Waals surface area contributed by atoms with Crippen molar-refractivity contribution >= 4 is 5.78 Å². The molecule has 0 aliphatic carbocycles. The van der Waals surface area contributed by atoms with E-state index in [9.17, 15) is 18.0 Å². The van der Waals surface area contributed by atoms with Gasteiger partial charge in [-0.2, -0.15) is 13.2 Å². The third-order valence-corrected chi connectivity index (χ3v) is 2.49. The Morgan fingerprint density at radius 2 is 1.94 bits per heavy atom. The maximum atomic E-state index is 12.5. The summed E-state index contributed by atoms with van der Waals surface area (Å²) in [5.41, 5.74) is 0.580. The first-order chi connectivity index (χ1) is 8.29. The molecule has 4 heteroatoms. The molecule has 0 amide bonds. The van der Waals surface area contributed by atoms with Crippen molar-refractivity contribution in [1.29, 1.82) is 0 Å². The maximum Gasteiger partial charge on any atom is 0.416 e. The molecule has 1 aromatic rings. The molecule has 0 unspecified atom stereocenters. The van der Waals surface area contributed by atoms with Gasteiger partial charge in [-0.25, -0.2) is 0 Å². The van der Waals surface area contributed by atoms with Crippen molar-refractivity contribution in [2.24, 2.45) is 0 Å². The lowest BCUT2D eigenvalue weighted by Gasteiger charge is -2.08. The van der Waals surface area contributed by atoms with Crippen molar-refractivity contribution in [2.75, 3.05) is 0 Å². The number of benzene rings is 1. The fraction of sp³-hybridized carbons (Fsp3) is 0.357. The first-order valence-electron chi connectivity index (χ1n) is 5.61. The monoisotopic (exact) mass is 256 g/mol. The van der Waals surface area contributed by atoms with Crippen LogP contribution in [-0.2, 0) is 17.4 Å². The van der Waals surface area contributed by atoms with E-state index in [1.54, 1.807) is 0 Å². The van der Waals surface area contributed by atoms with Crippen LogP contribution in [-0.4, -0.2) is 5.78 Å². The minimum Gasteiger partial charge on any atom is -0.299 e. The fourth-order valence-corrected chi connectivity index (χ4v) is 1.53. The average Bonchev–Trinajstić information content (AvgIpc) is 2.25. The summed E-state index contributed by atoms with van der Waals surface area (Å²) in [5, 5.41) is 0. The largest absolute Gasteiger partial charge is 0.416 e. The Morgan fingerprint density at radius 3 is 2.50 bits per heavy atom. The predicted molar refractivity (Wildman–Crippen MR) is 64.2 cm³/mol. The third-order valence-electron chi connectivity index (χ3n) is 2.49. The molecule has 0 aliphatic heterocycles. The van der Waals surface area contributed by atoms with Gasteiger partial charge >= 0.3 is 6.18 Å². The second kappa shape index (κ2) is 5.85. The van der Waals surface area contributed by atoms with Gasteiger partial charge in [0.25, 0.3) is 0 Å². The fourth-order valence-electron chi connectivity index (χ4n) is 1.53. The van der Waals surface area contributed by atoms with Crippen molar-refractivity contribution < 1.29 is 18.0 Å². The molecule has 0 saturated heterocycles. The van der Waals surface area contributed by atoms with Gasteiger partial charge < -0.3 is 0 Å². The van der Waals surface area contributed by atoms with Gasteiger partial charge in [0.15, 0.2) is 0 Å². The molecule has 0 aromatic heterocycles. The molecular weight excluding hydrogens is 241 g/mol. The van der Waals surface area contributed by atoms with E-state index < -0.39 is 11.7 Å². The number of rotatable bonds is 5. The number of carbonyl (C=O) groups is 1. The molecule has 18 heavy (non-hydrogen) atoms. The van der Waals surface area contributed by atoms with Gasteiger partial charge in [0.05, 0.1) is 5.56 Å². The molecule has 0 fully saturated rings. The van der Waals surface area contributed by atoms with E-state index >= 15 is 0 Å². The van der Waals surface area contributed by atoms with E-state index in [-0.39, 0.29) is 12.2 Å². The van der Waals surface area contributed by atoms with Crippen LogP contribution < -0.4 is 0 Å². The lowest BCUT2D eigenvalue weighted by Crippen LogP contribution is -2.07. The molecule has 0 spiro atoms. The zero-order chi connectivity index (χ0) is 13.8. The number of ketones is 1. The van der Waals surface area contributed by atoms with Crippen molar-refractivity contribution in [3.05, 3.63) is 47.5 Å². The Balaban J connectivity index is 2.68. The zero-order valence-corrected chi connectivity index (χ0v) is 10.2. The normalized spacial score (nSPS) is 11.3. The van der Waals surface area contributed by atoms with Gasteiger partial charge in [-0.05, 0) is 25.0 Å². The number of Topliss-reactive ketones (excluding diaryl/α,β-unsaturated/α-hetero) is 1. The van der Waals surface area contributed by atoms with E-state index in [1.807, 2.05) is 6.92 Å². The smallest absolute Gasteiger partial charge is 0.299 e. The predicted octanol–water partition coefficient (Wildman–Crippen LogP) is 4.17. The van der Waals surface area contributed by atoms with E-state index in [0.717, 1.165) is 17.7 Å². The average molecular weight is 256 g/mol. The van der Waals surface area contributed by atoms with Crippen molar-refractivity contribution in [3.8, 4) is 0 Å². The summed E-state index contributed by atoms with van der Waals surface area (Å²) in [7, 11) is 0. The first kappa shape index (κ1) is 14.5. The van der Waals surface area contributed by atoms with E-state index in [4.69, 9.17) is 0 Å². The van der Waals surface area contributed by atoms with E-state index in [0.29, 0.717) is 18.4 Å². The highest BCUT2D eigenvalue weighted by atomic mass is 19.4. The molecule has 1 nitrogen and oxygen atoms in total. The van der Waals surface area contributed by atoms with E-state index in [2.05, 4.69) is 6.58 Å². The second-order valence-electron chi connectivity index (χ2n) is 4.37. The lowest BCUT2D eigenvalue weighted by atomic mass is 10.0. The molecule has 0 atom stereocenters. The summed E-state index contributed by atoms with van der Waals surface area (Å²) in [6, 6.07) is 4.89. The van der Waals surface area contributed by atoms with Gasteiger partial charge in [0.1, 0.15) is 5.78 Å². The summed E-state index contributed by atoms with van der Waals surface area (Å²) in [4.78, 5) is 11.6. The highest BCUT2D eigenvalue weighted by Crippen LogP contribution is 2.29. The second-order valence-corrected chi connectivity index (χ2v) is 4.37. The number of hydrogen-bond donors (Lipinski definition) is 0. The van der Waals surface area contributed by atoms with Gasteiger partial charge in [-0.1, -0.05) is 23.8 Å². The third kappa shape index (κ3) is 4.73. The molecular formula is C14H15F3O. The van der Waals surface area contributed by atoms with Crippen LogP contribution in [0.1, 0.15) is 30.9 Å². The molecule has 0 heterocycles. The van der Waals surface area contributed by atoms with Gasteiger partial charge in [-0.15, -0.1) is 6.58 Å². The highest BCUT2D eigenvalue weighted by molar-refractivity contribution is 5.81. The molecule has 1 rings (SSSR count). The SMILES string of the molecule is C=C(C)CCC(=O)Cc1cccc(C(F)(F)F)c1. The number of alkyl halides is 3. The molecule has 0 N–H and O–H groups in total.